The summed E-state index contributed by atoms with van der Waals surface area (Å²) >= 11 is 0. The molecule has 6 heteroatoms. The van der Waals surface area contributed by atoms with E-state index in [0.717, 1.165) is 25.2 Å². The normalized spacial score (nSPS) is 14.9. The second-order valence-electron chi connectivity index (χ2n) is 4.32. The van der Waals surface area contributed by atoms with Gasteiger partial charge in [-0.05, 0) is 6.42 Å². The molecule has 0 bridgehead atoms. The van der Waals surface area contributed by atoms with E-state index in [1.165, 1.54) is 12.1 Å². The fraction of sp³-hybridized carbons (Fsp3) is 0.500. The van der Waals surface area contributed by atoms with Gasteiger partial charge in [-0.25, -0.2) is 0 Å². The van der Waals surface area contributed by atoms with Crippen LogP contribution in [0.4, 0.5) is 11.4 Å². The third-order valence-corrected chi connectivity index (χ3v) is 2.73. The highest BCUT2D eigenvalue weighted by molar-refractivity contribution is 5.57. The molecule has 0 saturated carbocycles. The van der Waals surface area contributed by atoms with Gasteiger partial charge in [-0.2, -0.15) is 0 Å². The summed E-state index contributed by atoms with van der Waals surface area (Å²) in [7, 11) is 0. The Morgan fingerprint density at radius 1 is 1.50 bits per heavy atom. The number of nitro groups is 1. The van der Waals surface area contributed by atoms with Crippen LogP contribution in [-0.2, 0) is 0 Å². The van der Waals surface area contributed by atoms with Crippen LogP contribution >= 0.6 is 0 Å². The van der Waals surface area contributed by atoms with Crippen molar-refractivity contribution in [1.29, 1.82) is 0 Å². The Labute approximate surface area is 105 Å². The molecule has 0 amide bonds. The lowest BCUT2D eigenvalue weighted by Crippen LogP contribution is -2.51. The van der Waals surface area contributed by atoms with Gasteiger partial charge in [-0.1, -0.05) is 6.92 Å². The molecule has 2 rings (SSSR count). The van der Waals surface area contributed by atoms with Gasteiger partial charge in [0, 0.05) is 30.9 Å². The second-order valence-corrected chi connectivity index (χ2v) is 4.32. The summed E-state index contributed by atoms with van der Waals surface area (Å²) in [5, 5.41) is 17.2. The minimum absolute atomic E-state index is 0.0541. The number of nitrogens with zero attached hydrogens (tertiary/aromatic N) is 1. The molecule has 1 aliphatic rings. The molecule has 1 fully saturated rings. The maximum absolute atomic E-state index is 10.9. The average molecular weight is 251 g/mol. The highest BCUT2D eigenvalue weighted by atomic mass is 16.6. The van der Waals surface area contributed by atoms with Gasteiger partial charge in [0.05, 0.1) is 23.6 Å². The van der Waals surface area contributed by atoms with Gasteiger partial charge in [0.1, 0.15) is 5.75 Å². The number of hydrogen-bond acceptors (Lipinski definition) is 5. The van der Waals surface area contributed by atoms with Crippen LogP contribution in [0.5, 0.6) is 5.75 Å². The van der Waals surface area contributed by atoms with E-state index in [2.05, 4.69) is 10.6 Å². The zero-order valence-electron chi connectivity index (χ0n) is 10.3. The number of hydrogen-bond donors (Lipinski definition) is 2. The van der Waals surface area contributed by atoms with Crippen LogP contribution in [0.2, 0.25) is 0 Å². The molecule has 0 aromatic heterocycles. The van der Waals surface area contributed by atoms with E-state index in [9.17, 15) is 10.1 Å². The van der Waals surface area contributed by atoms with Crippen molar-refractivity contribution < 1.29 is 9.66 Å². The van der Waals surface area contributed by atoms with Crippen LogP contribution < -0.4 is 15.4 Å². The average Bonchev–Trinajstić information content (AvgIpc) is 2.31. The summed E-state index contributed by atoms with van der Waals surface area (Å²) in [5.74, 6) is 0.542. The molecule has 2 N–H and O–H groups in total. The van der Waals surface area contributed by atoms with E-state index >= 15 is 0 Å². The van der Waals surface area contributed by atoms with E-state index in [1.807, 2.05) is 6.92 Å². The van der Waals surface area contributed by atoms with Gasteiger partial charge in [-0.3, -0.25) is 10.1 Å². The minimum atomic E-state index is -0.400. The summed E-state index contributed by atoms with van der Waals surface area (Å²) in [5.41, 5.74) is 0.792. The van der Waals surface area contributed by atoms with E-state index in [0.29, 0.717) is 18.4 Å². The third-order valence-electron chi connectivity index (χ3n) is 2.73. The Hall–Kier alpha value is -1.82. The van der Waals surface area contributed by atoms with Crippen LogP contribution in [0, 0.1) is 10.1 Å². The number of ether oxygens (including phenoxy) is 1. The first-order valence-electron chi connectivity index (χ1n) is 6.08. The zero-order chi connectivity index (χ0) is 13.0. The Kier molecular flexibility index (Phi) is 3.99. The lowest BCUT2D eigenvalue weighted by atomic mass is 10.1. The van der Waals surface area contributed by atoms with Crippen molar-refractivity contribution in [3.63, 3.8) is 0 Å². The van der Waals surface area contributed by atoms with Gasteiger partial charge in [0.2, 0.25) is 0 Å². The smallest absolute Gasteiger partial charge is 0.275 e. The predicted octanol–water partition coefficient (Wildman–Crippen LogP) is 1.77. The predicted molar refractivity (Wildman–Crippen MR) is 69.2 cm³/mol. The number of rotatable bonds is 6. The molecule has 1 heterocycles. The van der Waals surface area contributed by atoms with Crippen molar-refractivity contribution in [3.05, 3.63) is 28.3 Å². The van der Waals surface area contributed by atoms with Crippen LogP contribution in [0.3, 0.4) is 0 Å². The van der Waals surface area contributed by atoms with Crippen molar-refractivity contribution in [1.82, 2.24) is 5.32 Å². The first kappa shape index (κ1) is 12.6. The molecule has 6 nitrogen and oxygen atoms in total. The van der Waals surface area contributed by atoms with Gasteiger partial charge in [0.15, 0.2) is 0 Å². The lowest BCUT2D eigenvalue weighted by Gasteiger charge is -2.29. The number of anilines is 1. The second kappa shape index (κ2) is 5.68. The Bertz CT molecular complexity index is 433. The van der Waals surface area contributed by atoms with Crippen LogP contribution in [0.15, 0.2) is 18.2 Å². The van der Waals surface area contributed by atoms with Crippen LogP contribution in [0.1, 0.15) is 13.3 Å². The summed E-state index contributed by atoms with van der Waals surface area (Å²) in [6.07, 6.45) is 0.873. The van der Waals surface area contributed by atoms with Crippen molar-refractivity contribution in [2.24, 2.45) is 0 Å². The maximum atomic E-state index is 10.9. The molecular weight excluding hydrogens is 234 g/mol. The highest BCUT2D eigenvalue weighted by Gasteiger charge is 2.18. The van der Waals surface area contributed by atoms with Gasteiger partial charge in [-0.15, -0.1) is 0 Å². The van der Waals surface area contributed by atoms with Gasteiger partial charge < -0.3 is 15.4 Å². The number of benzene rings is 1. The number of nitrogens with one attached hydrogen (secondary N) is 2. The SMILES string of the molecule is CCCOc1cc(NC2CNC2)cc([N+](=O)[O-])c1. The molecule has 1 aromatic rings. The maximum Gasteiger partial charge on any atom is 0.275 e. The molecule has 0 radical (unpaired) electrons. The fourth-order valence-electron chi connectivity index (χ4n) is 1.70. The van der Waals surface area contributed by atoms with E-state index in [-0.39, 0.29) is 5.69 Å². The molecule has 0 unspecified atom stereocenters. The summed E-state index contributed by atoms with van der Waals surface area (Å²) in [4.78, 5) is 10.5. The van der Waals surface area contributed by atoms with E-state index in [4.69, 9.17) is 4.74 Å². The zero-order valence-corrected chi connectivity index (χ0v) is 10.3. The first-order chi connectivity index (χ1) is 8.69. The molecule has 0 spiro atoms. The molecule has 0 aliphatic carbocycles. The number of non-ortho nitro benzene ring substituents is 1. The molecule has 98 valence electrons. The summed E-state index contributed by atoms with van der Waals surface area (Å²) < 4.78 is 5.46. The standard InChI is InChI=1S/C12H17N3O3/c1-2-3-18-12-5-9(14-10-7-13-8-10)4-11(6-12)15(16)17/h4-6,10,13-14H,2-3,7-8H2,1H3. The number of nitro benzene ring substituents is 1. The molecular formula is C12H17N3O3. The monoisotopic (exact) mass is 251 g/mol. The Morgan fingerprint density at radius 3 is 2.83 bits per heavy atom. The van der Waals surface area contributed by atoms with Crippen molar-refractivity contribution in [2.45, 2.75) is 19.4 Å². The summed E-state index contributed by atoms with van der Waals surface area (Å²) in [6.45, 7) is 4.32. The van der Waals surface area contributed by atoms with Gasteiger partial charge >= 0.3 is 0 Å². The quantitative estimate of drug-likeness (QED) is 0.595. The van der Waals surface area contributed by atoms with Crippen molar-refractivity contribution in [2.75, 3.05) is 25.0 Å². The highest BCUT2D eigenvalue weighted by Crippen LogP contribution is 2.26. The van der Waals surface area contributed by atoms with Gasteiger partial charge in [0.25, 0.3) is 5.69 Å². The topological polar surface area (TPSA) is 76.4 Å². The third kappa shape index (κ3) is 3.10. The molecule has 1 aliphatic heterocycles. The van der Waals surface area contributed by atoms with E-state index < -0.39 is 4.92 Å². The van der Waals surface area contributed by atoms with Crippen LogP contribution in [-0.4, -0.2) is 30.7 Å². The fourth-order valence-corrected chi connectivity index (χ4v) is 1.70. The van der Waals surface area contributed by atoms with Crippen LogP contribution in [0.25, 0.3) is 0 Å². The summed E-state index contributed by atoms with van der Waals surface area (Å²) in [6, 6.07) is 5.14. The minimum Gasteiger partial charge on any atom is -0.493 e. The molecule has 18 heavy (non-hydrogen) atoms. The largest absolute Gasteiger partial charge is 0.493 e. The molecule has 1 saturated heterocycles. The Morgan fingerprint density at radius 2 is 2.28 bits per heavy atom. The van der Waals surface area contributed by atoms with Crippen molar-refractivity contribution >= 4 is 11.4 Å². The molecule has 1 aromatic carbocycles. The Balaban J connectivity index is 2.15. The van der Waals surface area contributed by atoms with E-state index in [1.54, 1.807) is 6.07 Å². The lowest BCUT2D eigenvalue weighted by molar-refractivity contribution is -0.384. The first-order valence-corrected chi connectivity index (χ1v) is 6.08. The van der Waals surface area contributed by atoms with Crippen molar-refractivity contribution in [3.8, 4) is 5.75 Å². The molecule has 0 atom stereocenters.